The zero-order valence-corrected chi connectivity index (χ0v) is 58.9. The van der Waals surface area contributed by atoms with Crippen LogP contribution in [0.2, 0.25) is 0 Å². The Morgan fingerprint density at radius 1 is 0.591 bits per heavy atom. The van der Waals surface area contributed by atoms with E-state index < -0.39 is 144 Å². The van der Waals surface area contributed by atoms with Crippen LogP contribution in [0, 0.1) is 17.8 Å². The zero-order chi connectivity index (χ0) is 70.4. The van der Waals surface area contributed by atoms with E-state index in [-0.39, 0.29) is 57.1 Å². The number of amides is 10. The summed E-state index contributed by atoms with van der Waals surface area (Å²) in [5, 5.41) is 22.5. The van der Waals surface area contributed by atoms with Crippen LogP contribution < -0.4 is 21.3 Å². The van der Waals surface area contributed by atoms with Gasteiger partial charge in [0.2, 0.25) is 59.1 Å². The largest absolute Gasteiger partial charge is 0.391 e. The molecule has 11 atom stereocenters. The molecule has 93 heavy (non-hydrogen) atoms. The maximum Gasteiger partial charge on any atom is 0.248 e. The number of Topliss-reactive ketones (excluding diaryl/α,β-unsaturated/α-hetero) is 1. The standard InChI is InChI=1S/C69H111N11O13/c1-20-21-22-29-34-51-39-70-40-56(82)53(37-49-30-25-23-26-31-49)77(16)64(88)47(8)76(15)63(87)46(7)71-62(86)60(44(4)5)80(19)67(91)55(38-50-32-27-24-28-33-50)79(18)66(90)52(42-93-69(10,11)12)72-57(83)36-45(6)75(14)58(84)41-74(13)68(92)59(48(9)81)73-61(85)54(35-43(2)3)78(17)65(51)89/h23-28,30-33,43-48,51-55,59-60,70,81H,20-22,29,34-42H2,1-19H3,(H,71,86)(H,72,83)(H,73,85)/t45-,46-,47-,48+,51+,52-,53-,54?,55-,59-,60-/m0/s1. The number of benzene rings is 2. The van der Waals surface area contributed by atoms with Gasteiger partial charge in [-0.3, -0.25) is 52.7 Å². The fourth-order valence-corrected chi connectivity index (χ4v) is 11.3. The van der Waals surface area contributed by atoms with Crippen LogP contribution in [0.1, 0.15) is 139 Å². The van der Waals surface area contributed by atoms with Crippen LogP contribution in [-0.4, -0.2) is 246 Å². The van der Waals surface area contributed by atoms with Crippen molar-refractivity contribution < 1.29 is 62.6 Å². The number of unbranched alkanes of at least 4 members (excludes halogenated alkanes) is 3. The molecular formula is C69H111N11O13. The van der Waals surface area contributed by atoms with Gasteiger partial charge in [0.1, 0.15) is 42.3 Å². The molecule has 2 aromatic carbocycles. The lowest BCUT2D eigenvalue weighted by Crippen LogP contribution is -2.61. The van der Waals surface area contributed by atoms with Crippen LogP contribution in [0.3, 0.4) is 0 Å². The molecule has 24 heteroatoms. The molecule has 0 aliphatic carbocycles. The van der Waals surface area contributed by atoms with Gasteiger partial charge in [-0.2, -0.15) is 0 Å². The number of carbonyl (C=O) groups is 11. The van der Waals surface area contributed by atoms with Crippen LogP contribution in [-0.2, 0) is 70.3 Å². The van der Waals surface area contributed by atoms with Gasteiger partial charge in [-0.15, -0.1) is 0 Å². The molecule has 1 aliphatic rings. The molecule has 0 spiro atoms. The van der Waals surface area contributed by atoms with Gasteiger partial charge in [-0.25, -0.2) is 0 Å². The van der Waals surface area contributed by atoms with E-state index in [1.165, 1.54) is 99.5 Å². The summed E-state index contributed by atoms with van der Waals surface area (Å²) in [6, 6.07) is 7.27. The maximum atomic E-state index is 15.1. The highest BCUT2D eigenvalue weighted by Gasteiger charge is 2.42. The summed E-state index contributed by atoms with van der Waals surface area (Å²) in [5.41, 5.74) is 0.627. The number of hydrogen-bond acceptors (Lipinski definition) is 14. The Balaban J connectivity index is 2.22. The van der Waals surface area contributed by atoms with E-state index in [4.69, 9.17) is 4.74 Å². The number of ether oxygens (including phenoxy) is 1. The Kier molecular flexibility index (Phi) is 32.3. The van der Waals surface area contributed by atoms with Gasteiger partial charge in [-0.1, -0.05) is 121 Å². The van der Waals surface area contributed by atoms with Gasteiger partial charge in [0, 0.05) is 74.8 Å². The highest BCUT2D eigenvalue weighted by atomic mass is 16.5. The number of carbonyl (C=O) groups excluding carboxylic acids is 11. The number of aliphatic hydroxyl groups is 1. The lowest BCUT2D eigenvalue weighted by atomic mass is 9.95. The highest BCUT2D eigenvalue weighted by molar-refractivity contribution is 5.98. The van der Waals surface area contributed by atoms with Crippen LogP contribution in [0.15, 0.2) is 60.7 Å². The van der Waals surface area contributed by atoms with Crippen molar-refractivity contribution in [3.05, 3.63) is 71.8 Å². The molecule has 3 rings (SSSR count). The molecule has 1 aliphatic heterocycles. The Morgan fingerprint density at radius 3 is 1.67 bits per heavy atom. The predicted molar refractivity (Wildman–Crippen MR) is 357 cm³/mol. The van der Waals surface area contributed by atoms with Crippen molar-refractivity contribution in [1.82, 2.24) is 55.6 Å². The van der Waals surface area contributed by atoms with Gasteiger partial charge in [0.25, 0.3) is 0 Å². The van der Waals surface area contributed by atoms with E-state index >= 15 is 4.79 Å². The normalized spacial score (nSPS) is 25.5. The second-order valence-electron chi connectivity index (χ2n) is 27.1. The lowest BCUT2D eigenvalue weighted by molar-refractivity contribution is -0.151. The molecular weight excluding hydrogens is 1190 g/mol. The molecule has 1 fully saturated rings. The minimum Gasteiger partial charge on any atom is -0.391 e. The summed E-state index contributed by atoms with van der Waals surface area (Å²) < 4.78 is 6.09. The summed E-state index contributed by atoms with van der Waals surface area (Å²) >= 11 is 0. The fraction of sp³-hybridized carbons (Fsp3) is 0.667. The second kappa shape index (κ2) is 37.5. The van der Waals surface area contributed by atoms with Gasteiger partial charge < -0.3 is 65.4 Å². The average molecular weight is 1300 g/mol. The summed E-state index contributed by atoms with van der Waals surface area (Å²) in [7, 11) is 10.0. The minimum atomic E-state index is -1.56. The van der Waals surface area contributed by atoms with Crippen molar-refractivity contribution in [3.63, 3.8) is 0 Å². The molecule has 2 aromatic rings. The maximum absolute atomic E-state index is 15.1. The van der Waals surface area contributed by atoms with Gasteiger partial charge in [0.15, 0.2) is 5.78 Å². The predicted octanol–water partition coefficient (Wildman–Crippen LogP) is 3.45. The first-order chi connectivity index (χ1) is 43.4. The first kappa shape index (κ1) is 79.9. The molecule has 24 nitrogen and oxygen atoms in total. The highest BCUT2D eigenvalue weighted by Crippen LogP contribution is 2.22. The molecule has 5 N–H and O–H groups in total. The number of hydrogen-bond donors (Lipinski definition) is 5. The van der Waals surface area contributed by atoms with E-state index in [1.54, 1.807) is 71.9 Å². The quantitative estimate of drug-likeness (QED) is 0.160. The first-order valence-electron chi connectivity index (χ1n) is 32.8. The second-order valence-corrected chi connectivity index (χ2v) is 27.1. The Bertz CT molecular complexity index is 2820. The SMILES string of the molecule is CCCCCC[C@@H]1CNCC(=O)[C@H](Cc2ccccc2)N(C)C(=O)[C@H](C)N(C)C(=O)[C@H](C)NC(=O)[C@H](C(C)C)N(C)C(=O)[C@H](Cc2ccccc2)N(C)C(=O)[C@H](COC(C)(C)C)NC(=O)C[C@H](C)N(C)C(=O)CN(C)C(=O)[C@H]([C@@H](C)O)NC(=O)C(CC(C)C)N(C)C1=O. The molecule has 0 radical (unpaired) electrons. The number of nitrogens with zero attached hydrogens (tertiary/aromatic N) is 7. The third-order valence-corrected chi connectivity index (χ3v) is 17.4. The van der Waals surface area contributed by atoms with Crippen molar-refractivity contribution in [2.24, 2.45) is 17.8 Å². The van der Waals surface area contributed by atoms with Crippen molar-refractivity contribution in [2.75, 3.05) is 75.6 Å². The van der Waals surface area contributed by atoms with Gasteiger partial charge in [-0.05, 0) is 90.7 Å². The molecule has 10 amide bonds. The van der Waals surface area contributed by atoms with E-state index in [2.05, 4.69) is 28.2 Å². The van der Waals surface area contributed by atoms with Gasteiger partial charge in [0.05, 0.1) is 43.4 Å². The Hall–Kier alpha value is -7.31. The fourth-order valence-electron chi connectivity index (χ4n) is 11.3. The molecule has 0 saturated carbocycles. The monoisotopic (exact) mass is 1300 g/mol. The number of nitrogens with one attached hydrogen (secondary N) is 4. The van der Waals surface area contributed by atoms with E-state index in [0.29, 0.717) is 18.4 Å². The molecule has 0 aromatic heterocycles. The number of rotatable bonds is 15. The van der Waals surface area contributed by atoms with Crippen molar-refractivity contribution in [3.8, 4) is 0 Å². The summed E-state index contributed by atoms with van der Waals surface area (Å²) in [6.45, 7) is 19.4. The summed E-state index contributed by atoms with van der Waals surface area (Å²) in [5.74, 6) is -8.24. The van der Waals surface area contributed by atoms with E-state index in [1.807, 2.05) is 44.2 Å². The Labute approximate surface area is 552 Å². The molecule has 1 saturated heterocycles. The van der Waals surface area contributed by atoms with Crippen LogP contribution >= 0.6 is 0 Å². The molecule has 1 unspecified atom stereocenters. The third kappa shape index (κ3) is 24.2. The molecule has 520 valence electrons. The zero-order valence-electron chi connectivity index (χ0n) is 58.9. The van der Waals surface area contributed by atoms with Crippen molar-refractivity contribution in [2.45, 2.75) is 207 Å². The third-order valence-electron chi connectivity index (χ3n) is 17.4. The van der Waals surface area contributed by atoms with Crippen molar-refractivity contribution in [1.29, 1.82) is 0 Å². The number of likely N-dealkylation sites (N-methyl/N-ethyl adjacent to an activating group) is 7. The molecule has 1 heterocycles. The average Bonchev–Trinajstić information content (AvgIpc) is 1.18. The minimum absolute atomic E-state index is 0.0181. The van der Waals surface area contributed by atoms with E-state index in [0.717, 1.165) is 29.7 Å². The van der Waals surface area contributed by atoms with E-state index in [9.17, 15) is 53.1 Å². The van der Waals surface area contributed by atoms with Crippen molar-refractivity contribution >= 4 is 64.9 Å². The topological polar surface area (TPSA) is 288 Å². The van der Waals surface area contributed by atoms with Crippen LogP contribution in [0.25, 0.3) is 0 Å². The molecule has 0 bridgehead atoms. The van der Waals surface area contributed by atoms with Crippen LogP contribution in [0.4, 0.5) is 0 Å². The lowest BCUT2D eigenvalue weighted by Gasteiger charge is -2.38. The number of aliphatic hydroxyl groups excluding tert-OH is 1. The smallest absolute Gasteiger partial charge is 0.248 e. The first-order valence-corrected chi connectivity index (χ1v) is 32.8. The number of ketones is 1. The van der Waals surface area contributed by atoms with Gasteiger partial charge >= 0.3 is 0 Å². The summed E-state index contributed by atoms with van der Waals surface area (Å²) in [4.78, 5) is 168. The summed E-state index contributed by atoms with van der Waals surface area (Å²) in [6.07, 6.45) is 2.21. The Morgan fingerprint density at radius 2 is 1.14 bits per heavy atom. The van der Waals surface area contributed by atoms with Crippen LogP contribution in [0.5, 0.6) is 0 Å².